The van der Waals surface area contributed by atoms with Crippen LogP contribution < -0.4 is 0 Å². The molecule has 0 rings (SSSR count). The van der Waals surface area contributed by atoms with Gasteiger partial charge in [-0.2, -0.15) is 0 Å². The summed E-state index contributed by atoms with van der Waals surface area (Å²) in [6.07, 6.45) is 3.54. The molecule has 2 heteroatoms. The summed E-state index contributed by atoms with van der Waals surface area (Å²) in [5.41, 5.74) is 0. The van der Waals surface area contributed by atoms with Crippen molar-refractivity contribution in [2.75, 3.05) is 0 Å². The van der Waals surface area contributed by atoms with Crippen LogP contribution in [0.3, 0.4) is 0 Å². The van der Waals surface area contributed by atoms with E-state index >= 15 is 0 Å². The van der Waals surface area contributed by atoms with Crippen LogP contribution in [0.5, 0.6) is 0 Å². The molecule has 0 aromatic carbocycles. The summed E-state index contributed by atoms with van der Waals surface area (Å²) in [5, 5.41) is 9.04. The molecule has 0 heterocycles. The average Bonchev–Trinajstić information content (AvgIpc) is 1.88. The Bertz CT molecular complexity index is 127. The van der Waals surface area contributed by atoms with Crippen LogP contribution in [0.25, 0.3) is 0 Å². The quantitative estimate of drug-likeness (QED) is 0.600. The smallest absolute Gasteiger partial charge is 0.135 e. The Morgan fingerprint density at radius 2 is 2.30 bits per heavy atom. The molecule has 0 radical (unpaired) electrons. The number of aliphatic hydroxyl groups is 1. The average molecular weight is 142 g/mol. The Balaban J connectivity index is 3.57. The molecule has 2 nitrogen and oxygen atoms in total. The lowest BCUT2D eigenvalue weighted by Crippen LogP contribution is -2.09. The first-order valence-corrected chi connectivity index (χ1v) is 3.53. The van der Waals surface area contributed by atoms with Gasteiger partial charge in [0.1, 0.15) is 5.78 Å². The highest BCUT2D eigenvalue weighted by atomic mass is 16.3. The summed E-state index contributed by atoms with van der Waals surface area (Å²) in [4.78, 5) is 10.7. The van der Waals surface area contributed by atoms with E-state index in [0.717, 1.165) is 0 Å². The van der Waals surface area contributed by atoms with Gasteiger partial charge in [0.05, 0.1) is 6.10 Å². The molecule has 0 spiro atoms. The third-order valence-electron chi connectivity index (χ3n) is 1.25. The lowest BCUT2D eigenvalue weighted by molar-refractivity contribution is -0.120. The maximum atomic E-state index is 10.7. The fourth-order valence-electron chi connectivity index (χ4n) is 0.668. The van der Waals surface area contributed by atoms with Crippen LogP contribution in [-0.2, 0) is 4.79 Å². The minimum absolute atomic E-state index is 0.102. The van der Waals surface area contributed by atoms with Crippen LogP contribution in [-0.4, -0.2) is 17.0 Å². The van der Waals surface area contributed by atoms with Gasteiger partial charge in [0, 0.05) is 12.8 Å². The maximum absolute atomic E-state index is 10.7. The van der Waals surface area contributed by atoms with Crippen molar-refractivity contribution in [3.63, 3.8) is 0 Å². The number of rotatable bonds is 4. The van der Waals surface area contributed by atoms with Crippen LogP contribution in [0.15, 0.2) is 12.2 Å². The van der Waals surface area contributed by atoms with E-state index in [1.54, 1.807) is 19.1 Å². The van der Waals surface area contributed by atoms with Gasteiger partial charge in [0.25, 0.3) is 0 Å². The van der Waals surface area contributed by atoms with E-state index in [9.17, 15) is 4.79 Å². The van der Waals surface area contributed by atoms with Crippen molar-refractivity contribution >= 4 is 5.78 Å². The van der Waals surface area contributed by atoms with Gasteiger partial charge in [0.2, 0.25) is 0 Å². The molecule has 0 bridgehead atoms. The highest BCUT2D eigenvalue weighted by Crippen LogP contribution is 1.97. The van der Waals surface area contributed by atoms with Gasteiger partial charge in [0.15, 0.2) is 0 Å². The minimum atomic E-state index is -0.586. The molecular formula is C8H14O2. The van der Waals surface area contributed by atoms with Crippen molar-refractivity contribution in [3.05, 3.63) is 12.2 Å². The number of ketones is 1. The summed E-state index contributed by atoms with van der Waals surface area (Å²) in [5.74, 6) is 0.102. The van der Waals surface area contributed by atoms with Crippen molar-refractivity contribution in [2.24, 2.45) is 0 Å². The number of carbonyl (C=O) groups excluding carboxylic acids is 1. The molecule has 0 aromatic rings. The normalized spacial score (nSPS) is 13.9. The van der Waals surface area contributed by atoms with Crippen LogP contribution in [0.4, 0.5) is 0 Å². The standard InChI is InChI=1S/C8H14O2/c1-3-5-8(10)6-7(9)4-2/h3,5,8,10H,4,6H2,1-2H3/b5-3+/t8-/m1/s1. The van der Waals surface area contributed by atoms with E-state index in [2.05, 4.69) is 0 Å². The van der Waals surface area contributed by atoms with Crippen molar-refractivity contribution in [1.82, 2.24) is 0 Å². The summed E-state index contributed by atoms with van der Waals surface area (Å²) >= 11 is 0. The molecule has 58 valence electrons. The van der Waals surface area contributed by atoms with Gasteiger partial charge in [-0.15, -0.1) is 0 Å². The molecule has 0 amide bonds. The topological polar surface area (TPSA) is 37.3 Å². The first kappa shape index (κ1) is 9.37. The number of aliphatic hydroxyl groups excluding tert-OH is 1. The Morgan fingerprint density at radius 1 is 1.70 bits per heavy atom. The lowest BCUT2D eigenvalue weighted by Gasteiger charge is -2.00. The van der Waals surface area contributed by atoms with Gasteiger partial charge >= 0.3 is 0 Å². The molecule has 0 unspecified atom stereocenters. The van der Waals surface area contributed by atoms with E-state index in [0.29, 0.717) is 6.42 Å². The fourth-order valence-corrected chi connectivity index (χ4v) is 0.668. The van der Waals surface area contributed by atoms with Gasteiger partial charge in [-0.1, -0.05) is 19.1 Å². The molecule has 1 N–H and O–H groups in total. The Morgan fingerprint density at radius 3 is 2.70 bits per heavy atom. The highest BCUT2D eigenvalue weighted by Gasteiger charge is 2.03. The summed E-state index contributed by atoms with van der Waals surface area (Å²) in [7, 11) is 0. The van der Waals surface area contributed by atoms with Gasteiger partial charge in [-0.05, 0) is 6.92 Å². The molecule has 0 aliphatic heterocycles. The molecule has 1 atom stereocenters. The zero-order chi connectivity index (χ0) is 7.98. The van der Waals surface area contributed by atoms with Crippen molar-refractivity contribution in [1.29, 1.82) is 0 Å². The number of Topliss-reactive ketones (excluding diaryl/α,β-unsaturated/α-hetero) is 1. The van der Waals surface area contributed by atoms with Crippen molar-refractivity contribution in [2.45, 2.75) is 32.8 Å². The third-order valence-corrected chi connectivity index (χ3v) is 1.25. The Labute approximate surface area is 61.6 Å². The van der Waals surface area contributed by atoms with E-state index in [1.807, 2.05) is 6.92 Å². The predicted molar refractivity (Wildman–Crippen MR) is 40.7 cm³/mol. The molecule has 0 saturated heterocycles. The summed E-state index contributed by atoms with van der Waals surface area (Å²) in [6.45, 7) is 3.62. The van der Waals surface area contributed by atoms with Gasteiger partial charge < -0.3 is 5.11 Å². The van der Waals surface area contributed by atoms with Gasteiger partial charge in [-0.3, -0.25) is 4.79 Å². The van der Waals surface area contributed by atoms with Crippen LogP contribution >= 0.6 is 0 Å². The maximum Gasteiger partial charge on any atom is 0.135 e. The monoisotopic (exact) mass is 142 g/mol. The zero-order valence-electron chi connectivity index (χ0n) is 6.50. The molecule has 0 fully saturated rings. The number of carbonyl (C=O) groups is 1. The van der Waals surface area contributed by atoms with E-state index < -0.39 is 6.10 Å². The van der Waals surface area contributed by atoms with E-state index in [-0.39, 0.29) is 12.2 Å². The number of allylic oxidation sites excluding steroid dienone is 1. The van der Waals surface area contributed by atoms with Crippen molar-refractivity contribution < 1.29 is 9.90 Å². The number of hydrogen-bond donors (Lipinski definition) is 1. The van der Waals surface area contributed by atoms with Gasteiger partial charge in [-0.25, -0.2) is 0 Å². The van der Waals surface area contributed by atoms with Crippen LogP contribution in [0, 0.1) is 0 Å². The second kappa shape index (κ2) is 5.18. The molecular weight excluding hydrogens is 128 g/mol. The van der Waals surface area contributed by atoms with Crippen LogP contribution in [0.2, 0.25) is 0 Å². The van der Waals surface area contributed by atoms with E-state index in [4.69, 9.17) is 5.11 Å². The highest BCUT2D eigenvalue weighted by molar-refractivity contribution is 5.78. The summed E-state index contributed by atoms with van der Waals surface area (Å²) < 4.78 is 0. The Hall–Kier alpha value is -0.630. The first-order chi connectivity index (χ1) is 4.70. The minimum Gasteiger partial charge on any atom is -0.389 e. The molecule has 10 heavy (non-hydrogen) atoms. The molecule has 0 aliphatic carbocycles. The first-order valence-electron chi connectivity index (χ1n) is 3.53. The molecule has 0 saturated carbocycles. The Kier molecular flexibility index (Phi) is 4.85. The largest absolute Gasteiger partial charge is 0.389 e. The SMILES string of the molecule is C/C=C/[C@@H](O)CC(=O)CC. The van der Waals surface area contributed by atoms with Crippen LogP contribution in [0.1, 0.15) is 26.7 Å². The predicted octanol–water partition coefficient (Wildman–Crippen LogP) is 1.29. The second-order valence-electron chi connectivity index (χ2n) is 2.19. The summed E-state index contributed by atoms with van der Waals surface area (Å²) in [6, 6.07) is 0. The third kappa shape index (κ3) is 4.27. The van der Waals surface area contributed by atoms with Crippen molar-refractivity contribution in [3.8, 4) is 0 Å². The number of hydrogen-bond acceptors (Lipinski definition) is 2. The molecule has 0 aromatic heterocycles. The zero-order valence-corrected chi connectivity index (χ0v) is 6.50. The fraction of sp³-hybridized carbons (Fsp3) is 0.625. The second-order valence-corrected chi connectivity index (χ2v) is 2.19. The lowest BCUT2D eigenvalue weighted by atomic mass is 10.1. The van der Waals surface area contributed by atoms with E-state index in [1.165, 1.54) is 0 Å². The molecule has 0 aliphatic rings.